The minimum Gasteiger partial charge on any atom is -0.298 e. The first-order valence-electron chi connectivity index (χ1n) is 5.34. The number of rotatable bonds is 2. The fourth-order valence-corrected chi connectivity index (χ4v) is 2.09. The summed E-state index contributed by atoms with van der Waals surface area (Å²) < 4.78 is 2.82. The van der Waals surface area contributed by atoms with Crippen LogP contribution in [0.15, 0.2) is 47.1 Å². The SMILES string of the molecule is O=Cc1cccn2c(-c3ccc(Br)cc3)nnc12. The Morgan fingerprint density at radius 2 is 1.89 bits per heavy atom. The molecule has 0 aliphatic carbocycles. The molecule has 2 heterocycles. The van der Waals surface area contributed by atoms with Crippen molar-refractivity contribution in [3.05, 3.63) is 52.6 Å². The minimum atomic E-state index is 0.536. The van der Waals surface area contributed by atoms with Crippen LogP contribution in [0.4, 0.5) is 0 Å². The van der Waals surface area contributed by atoms with Crippen LogP contribution in [0.2, 0.25) is 0 Å². The van der Waals surface area contributed by atoms with Gasteiger partial charge in [0, 0.05) is 16.2 Å². The van der Waals surface area contributed by atoms with Crippen molar-refractivity contribution in [2.75, 3.05) is 0 Å². The van der Waals surface area contributed by atoms with Crippen molar-refractivity contribution in [1.29, 1.82) is 0 Å². The van der Waals surface area contributed by atoms with E-state index in [1.165, 1.54) is 0 Å². The zero-order chi connectivity index (χ0) is 12.5. The lowest BCUT2D eigenvalue weighted by atomic mass is 10.2. The highest BCUT2D eigenvalue weighted by Gasteiger charge is 2.10. The molecule has 3 rings (SSSR count). The Bertz CT molecular complexity index is 719. The summed E-state index contributed by atoms with van der Waals surface area (Å²) in [6.07, 6.45) is 2.63. The van der Waals surface area contributed by atoms with Gasteiger partial charge in [-0.05, 0) is 24.3 Å². The van der Waals surface area contributed by atoms with Gasteiger partial charge in [-0.15, -0.1) is 10.2 Å². The van der Waals surface area contributed by atoms with Gasteiger partial charge in [-0.3, -0.25) is 9.20 Å². The quantitative estimate of drug-likeness (QED) is 0.684. The molecule has 0 bridgehead atoms. The summed E-state index contributed by atoms with van der Waals surface area (Å²) in [5.74, 6) is 0.723. The molecule has 0 saturated carbocycles. The second-order valence-electron chi connectivity index (χ2n) is 3.81. The normalized spacial score (nSPS) is 10.7. The third-order valence-corrected chi connectivity index (χ3v) is 3.22. The molecule has 3 aromatic rings. The number of benzene rings is 1. The van der Waals surface area contributed by atoms with E-state index in [1.807, 2.05) is 40.9 Å². The highest BCUT2D eigenvalue weighted by Crippen LogP contribution is 2.21. The Morgan fingerprint density at radius 3 is 2.61 bits per heavy atom. The molecular formula is C13H8BrN3O. The number of pyridine rings is 1. The van der Waals surface area contributed by atoms with Gasteiger partial charge in [0.2, 0.25) is 0 Å². The Balaban J connectivity index is 2.24. The Morgan fingerprint density at radius 1 is 1.11 bits per heavy atom. The lowest BCUT2D eigenvalue weighted by Crippen LogP contribution is -1.92. The lowest BCUT2D eigenvalue weighted by molar-refractivity contribution is 0.112. The lowest BCUT2D eigenvalue weighted by Gasteiger charge is -2.00. The molecule has 0 spiro atoms. The highest BCUT2D eigenvalue weighted by atomic mass is 79.9. The first-order valence-corrected chi connectivity index (χ1v) is 6.14. The van der Waals surface area contributed by atoms with E-state index in [0.29, 0.717) is 11.2 Å². The van der Waals surface area contributed by atoms with Gasteiger partial charge in [-0.2, -0.15) is 0 Å². The van der Waals surface area contributed by atoms with E-state index < -0.39 is 0 Å². The van der Waals surface area contributed by atoms with Crippen LogP contribution in [0.5, 0.6) is 0 Å². The maximum absolute atomic E-state index is 10.9. The summed E-state index contributed by atoms with van der Waals surface area (Å²) in [6, 6.07) is 11.3. The highest BCUT2D eigenvalue weighted by molar-refractivity contribution is 9.10. The molecule has 4 nitrogen and oxygen atoms in total. The zero-order valence-corrected chi connectivity index (χ0v) is 10.8. The zero-order valence-electron chi connectivity index (χ0n) is 9.25. The van der Waals surface area contributed by atoms with Crippen molar-refractivity contribution in [2.45, 2.75) is 0 Å². The molecule has 0 N–H and O–H groups in total. The van der Waals surface area contributed by atoms with Crippen LogP contribution in [0.1, 0.15) is 10.4 Å². The number of hydrogen-bond acceptors (Lipinski definition) is 3. The van der Waals surface area contributed by atoms with E-state index in [4.69, 9.17) is 0 Å². The number of nitrogens with zero attached hydrogens (tertiary/aromatic N) is 3. The van der Waals surface area contributed by atoms with Gasteiger partial charge in [0.1, 0.15) is 0 Å². The topological polar surface area (TPSA) is 47.3 Å². The number of aromatic nitrogens is 3. The van der Waals surface area contributed by atoms with Crippen molar-refractivity contribution in [3.8, 4) is 11.4 Å². The van der Waals surface area contributed by atoms with Crippen LogP contribution in [0.25, 0.3) is 17.0 Å². The van der Waals surface area contributed by atoms with Crippen LogP contribution in [0, 0.1) is 0 Å². The van der Waals surface area contributed by atoms with Crippen molar-refractivity contribution in [2.24, 2.45) is 0 Å². The van der Waals surface area contributed by atoms with Crippen molar-refractivity contribution in [3.63, 3.8) is 0 Å². The smallest absolute Gasteiger partial charge is 0.171 e. The first kappa shape index (κ1) is 11.1. The molecule has 0 aliphatic rings. The average Bonchev–Trinajstić information content (AvgIpc) is 2.83. The van der Waals surface area contributed by atoms with E-state index in [1.54, 1.807) is 6.07 Å². The maximum atomic E-state index is 10.9. The van der Waals surface area contributed by atoms with Gasteiger partial charge >= 0.3 is 0 Å². The van der Waals surface area contributed by atoms with Crippen LogP contribution in [-0.2, 0) is 0 Å². The summed E-state index contributed by atoms with van der Waals surface area (Å²) in [6.45, 7) is 0. The van der Waals surface area contributed by atoms with E-state index in [2.05, 4.69) is 26.1 Å². The fraction of sp³-hybridized carbons (Fsp3) is 0. The molecule has 0 fully saturated rings. The number of fused-ring (bicyclic) bond motifs is 1. The molecule has 88 valence electrons. The van der Waals surface area contributed by atoms with Crippen LogP contribution in [-0.4, -0.2) is 20.9 Å². The van der Waals surface area contributed by atoms with Crippen molar-refractivity contribution < 1.29 is 4.79 Å². The first-order chi connectivity index (χ1) is 8.79. The predicted molar refractivity (Wildman–Crippen MR) is 71.5 cm³/mol. The summed E-state index contributed by atoms with van der Waals surface area (Å²) in [7, 11) is 0. The maximum Gasteiger partial charge on any atom is 0.171 e. The second-order valence-corrected chi connectivity index (χ2v) is 4.72. The van der Waals surface area contributed by atoms with Gasteiger partial charge in [0.15, 0.2) is 17.8 Å². The molecule has 0 saturated heterocycles. The minimum absolute atomic E-state index is 0.536. The number of hydrogen-bond donors (Lipinski definition) is 0. The molecule has 0 aliphatic heterocycles. The predicted octanol–water partition coefficient (Wildman–Crippen LogP) is 2.97. The molecule has 5 heteroatoms. The largest absolute Gasteiger partial charge is 0.298 e. The van der Waals surface area contributed by atoms with E-state index >= 15 is 0 Å². The van der Waals surface area contributed by atoms with E-state index in [0.717, 1.165) is 22.1 Å². The number of carbonyl (C=O) groups is 1. The van der Waals surface area contributed by atoms with Crippen molar-refractivity contribution in [1.82, 2.24) is 14.6 Å². The van der Waals surface area contributed by atoms with Crippen LogP contribution in [0.3, 0.4) is 0 Å². The Kier molecular flexibility index (Phi) is 2.68. The van der Waals surface area contributed by atoms with Gasteiger partial charge in [0.05, 0.1) is 5.56 Å². The molecular weight excluding hydrogens is 294 g/mol. The van der Waals surface area contributed by atoms with E-state index in [-0.39, 0.29) is 0 Å². The van der Waals surface area contributed by atoms with Gasteiger partial charge < -0.3 is 0 Å². The monoisotopic (exact) mass is 301 g/mol. The second kappa shape index (κ2) is 4.34. The van der Waals surface area contributed by atoms with Gasteiger partial charge in [-0.1, -0.05) is 28.1 Å². The fourth-order valence-electron chi connectivity index (χ4n) is 1.82. The summed E-state index contributed by atoms with van der Waals surface area (Å²) in [5.41, 5.74) is 2.06. The molecule has 0 unspecified atom stereocenters. The molecule has 0 radical (unpaired) electrons. The molecule has 2 aromatic heterocycles. The number of carbonyl (C=O) groups excluding carboxylic acids is 1. The van der Waals surface area contributed by atoms with E-state index in [9.17, 15) is 4.79 Å². The van der Waals surface area contributed by atoms with Gasteiger partial charge in [-0.25, -0.2) is 0 Å². The van der Waals surface area contributed by atoms with Gasteiger partial charge in [0.25, 0.3) is 0 Å². The number of aldehydes is 1. The number of halogens is 1. The Hall–Kier alpha value is -2.01. The molecule has 0 amide bonds. The molecule has 18 heavy (non-hydrogen) atoms. The van der Waals surface area contributed by atoms with Crippen LogP contribution >= 0.6 is 15.9 Å². The van der Waals surface area contributed by atoms with Crippen LogP contribution < -0.4 is 0 Å². The standard InChI is InChI=1S/C13H8BrN3O/c14-11-5-3-9(4-6-11)12-15-16-13-10(8-18)2-1-7-17(12)13/h1-8H. The summed E-state index contributed by atoms with van der Waals surface area (Å²) >= 11 is 3.39. The summed E-state index contributed by atoms with van der Waals surface area (Å²) in [4.78, 5) is 10.9. The Labute approximate surface area is 111 Å². The average molecular weight is 302 g/mol. The third-order valence-electron chi connectivity index (χ3n) is 2.69. The third kappa shape index (κ3) is 1.73. The van der Waals surface area contributed by atoms with Crippen molar-refractivity contribution >= 4 is 27.9 Å². The molecule has 0 atom stereocenters. The summed E-state index contributed by atoms with van der Waals surface area (Å²) in [5, 5.41) is 8.20. The molecule has 1 aromatic carbocycles.